The van der Waals surface area contributed by atoms with Gasteiger partial charge in [0.25, 0.3) is 0 Å². The lowest BCUT2D eigenvalue weighted by Gasteiger charge is -2.34. The number of ether oxygens (including phenoxy) is 3. The van der Waals surface area contributed by atoms with Crippen molar-refractivity contribution in [1.29, 1.82) is 0 Å². The quantitative estimate of drug-likeness (QED) is 0.0256. The summed E-state index contributed by atoms with van der Waals surface area (Å²) in [4.78, 5) is 36.5. The fourth-order valence-corrected chi connectivity index (χ4v) is 4.62. The molecule has 0 rings (SSSR count). The minimum absolute atomic E-state index is 0.0111. The molecule has 0 aliphatic carbocycles. The molecule has 0 saturated carbocycles. The Labute approximate surface area is 291 Å². The number of esters is 2. The van der Waals surface area contributed by atoms with Crippen LogP contribution in [0.4, 0.5) is 0 Å². The molecule has 272 valence electrons. The van der Waals surface area contributed by atoms with Crippen molar-refractivity contribution in [2.75, 3.05) is 41.0 Å². The lowest BCUT2D eigenvalue weighted by Crippen LogP contribution is -2.55. The molecule has 0 aliphatic heterocycles. The molecule has 0 fully saturated rings. The molecule has 2 unspecified atom stereocenters. The number of carbonyl (C=O) groups excluding carboxylic acids is 3. The standard InChI is InChI=1S/C40H65NO7/c1-6-8-10-12-14-16-17-18-19-20-21-23-24-26-28-30-38(42)47-35-36(34-46-33-32-37(40(44)45)41(3,4)5)48-39(43)31-29-27-25-22-15-13-11-9-7-2/h8,10,12,14,16-22,25,36-37H,6-7,9,11,13,15,23-24,26-35H2,1-5H3/b10-8+,14-12+,17-16+,19-18+,21-20+,25-22+. The van der Waals surface area contributed by atoms with Crippen LogP contribution in [-0.4, -0.2) is 75.5 Å². The number of carboxylic acid groups (broad SMARTS) is 1. The third kappa shape index (κ3) is 29.0. The maximum Gasteiger partial charge on any atom is 0.306 e. The molecule has 0 N–H and O–H groups in total. The van der Waals surface area contributed by atoms with Gasteiger partial charge >= 0.3 is 11.9 Å². The third-order valence-electron chi connectivity index (χ3n) is 7.45. The van der Waals surface area contributed by atoms with E-state index in [4.69, 9.17) is 14.2 Å². The van der Waals surface area contributed by atoms with Crippen molar-refractivity contribution in [2.24, 2.45) is 0 Å². The fraction of sp³-hybridized carbons (Fsp3) is 0.625. The molecule has 0 aromatic carbocycles. The number of unbranched alkanes of at least 4 members (excludes halogenated alkanes) is 8. The summed E-state index contributed by atoms with van der Waals surface area (Å²) in [6, 6.07) is -0.738. The van der Waals surface area contributed by atoms with Crippen molar-refractivity contribution in [3.05, 3.63) is 72.9 Å². The molecule has 0 amide bonds. The van der Waals surface area contributed by atoms with Crippen molar-refractivity contribution in [1.82, 2.24) is 0 Å². The van der Waals surface area contributed by atoms with Gasteiger partial charge in [-0.3, -0.25) is 9.59 Å². The van der Waals surface area contributed by atoms with Gasteiger partial charge in [0.1, 0.15) is 12.6 Å². The summed E-state index contributed by atoms with van der Waals surface area (Å²) in [5.74, 6) is -1.85. The smallest absolute Gasteiger partial charge is 0.306 e. The summed E-state index contributed by atoms with van der Waals surface area (Å²) in [5, 5.41) is 11.5. The number of allylic oxidation sites excluding steroid dienone is 12. The van der Waals surface area contributed by atoms with E-state index < -0.39 is 18.1 Å². The number of carbonyl (C=O) groups is 3. The van der Waals surface area contributed by atoms with E-state index in [-0.39, 0.29) is 49.1 Å². The minimum atomic E-state index is -1.14. The van der Waals surface area contributed by atoms with Crippen LogP contribution in [0.5, 0.6) is 0 Å². The van der Waals surface area contributed by atoms with E-state index in [0.717, 1.165) is 38.5 Å². The van der Waals surface area contributed by atoms with Gasteiger partial charge in [0.05, 0.1) is 40.3 Å². The van der Waals surface area contributed by atoms with Gasteiger partial charge in [-0.05, 0) is 51.4 Å². The highest BCUT2D eigenvalue weighted by atomic mass is 16.6. The van der Waals surface area contributed by atoms with Gasteiger partial charge in [0.15, 0.2) is 6.10 Å². The first-order valence-corrected chi connectivity index (χ1v) is 18.0. The first-order chi connectivity index (χ1) is 23.1. The van der Waals surface area contributed by atoms with Gasteiger partial charge in [0.2, 0.25) is 0 Å². The number of nitrogens with zero attached hydrogens (tertiary/aromatic N) is 1. The van der Waals surface area contributed by atoms with Crippen LogP contribution in [0.1, 0.15) is 110 Å². The lowest BCUT2D eigenvalue weighted by molar-refractivity contribution is -0.889. The SMILES string of the molecule is CC/C=C/C=C/C=C/C=C/C=C/CCCCCC(=O)OCC(COCCC(C(=O)[O-])[N+](C)(C)C)OC(=O)CCC/C=C/CCCCCC. The molecule has 0 aromatic heterocycles. The molecule has 48 heavy (non-hydrogen) atoms. The van der Waals surface area contributed by atoms with Crippen molar-refractivity contribution < 1.29 is 38.2 Å². The number of carboxylic acids is 1. The van der Waals surface area contributed by atoms with Gasteiger partial charge in [0, 0.05) is 19.3 Å². The molecular weight excluding hydrogens is 606 g/mol. The molecule has 8 heteroatoms. The lowest BCUT2D eigenvalue weighted by atomic mass is 10.1. The molecule has 0 saturated heterocycles. The van der Waals surface area contributed by atoms with Gasteiger partial charge in [-0.15, -0.1) is 0 Å². The van der Waals surface area contributed by atoms with Crippen LogP contribution in [0.3, 0.4) is 0 Å². The van der Waals surface area contributed by atoms with Crippen molar-refractivity contribution in [3.8, 4) is 0 Å². The second-order valence-electron chi connectivity index (χ2n) is 12.8. The Morgan fingerprint density at radius 2 is 1.21 bits per heavy atom. The Morgan fingerprint density at radius 1 is 0.646 bits per heavy atom. The molecule has 0 radical (unpaired) electrons. The minimum Gasteiger partial charge on any atom is -0.544 e. The van der Waals surface area contributed by atoms with E-state index in [2.05, 4.69) is 38.2 Å². The number of hydrogen-bond donors (Lipinski definition) is 0. The Balaban J connectivity index is 4.57. The summed E-state index contributed by atoms with van der Waals surface area (Å²) >= 11 is 0. The molecule has 0 heterocycles. The predicted molar refractivity (Wildman–Crippen MR) is 194 cm³/mol. The van der Waals surface area contributed by atoms with Crippen LogP contribution in [-0.2, 0) is 28.6 Å². The summed E-state index contributed by atoms with van der Waals surface area (Å²) in [7, 11) is 5.36. The van der Waals surface area contributed by atoms with E-state index in [1.807, 2.05) is 48.6 Å². The van der Waals surface area contributed by atoms with Crippen molar-refractivity contribution in [3.63, 3.8) is 0 Å². The molecule has 8 nitrogen and oxygen atoms in total. The summed E-state index contributed by atoms with van der Waals surface area (Å²) in [6.07, 6.45) is 36.6. The van der Waals surface area contributed by atoms with Gasteiger partial charge in [-0.1, -0.05) is 112 Å². The number of aliphatic carboxylic acids is 1. The zero-order valence-electron chi connectivity index (χ0n) is 30.6. The Kier molecular flexibility index (Phi) is 29.0. The van der Waals surface area contributed by atoms with Gasteiger partial charge in [-0.25, -0.2) is 0 Å². The highest BCUT2D eigenvalue weighted by molar-refractivity contribution is 5.70. The molecular formula is C40H65NO7. The number of rotatable bonds is 30. The van der Waals surface area contributed by atoms with E-state index in [9.17, 15) is 19.5 Å². The van der Waals surface area contributed by atoms with Gasteiger partial charge in [-0.2, -0.15) is 0 Å². The number of hydrogen-bond acceptors (Lipinski definition) is 7. The van der Waals surface area contributed by atoms with Crippen LogP contribution in [0, 0.1) is 0 Å². The van der Waals surface area contributed by atoms with Crippen LogP contribution < -0.4 is 5.11 Å². The summed E-state index contributed by atoms with van der Waals surface area (Å²) in [6.45, 7) is 4.36. The average Bonchev–Trinajstić information content (AvgIpc) is 3.03. The Morgan fingerprint density at radius 3 is 1.81 bits per heavy atom. The third-order valence-corrected chi connectivity index (χ3v) is 7.45. The Bertz CT molecular complexity index is 1020. The first-order valence-electron chi connectivity index (χ1n) is 18.0. The molecule has 0 aromatic rings. The largest absolute Gasteiger partial charge is 0.544 e. The maximum absolute atomic E-state index is 12.5. The Hall–Kier alpha value is -3.23. The average molecular weight is 672 g/mol. The van der Waals surface area contributed by atoms with E-state index in [1.54, 1.807) is 21.1 Å². The van der Waals surface area contributed by atoms with E-state index >= 15 is 0 Å². The van der Waals surface area contributed by atoms with E-state index in [0.29, 0.717) is 19.3 Å². The number of likely N-dealkylation sites (N-methyl/N-ethyl adjacent to an activating group) is 1. The van der Waals surface area contributed by atoms with Crippen molar-refractivity contribution >= 4 is 17.9 Å². The maximum atomic E-state index is 12.5. The number of quaternary nitrogens is 1. The highest BCUT2D eigenvalue weighted by Gasteiger charge is 2.25. The molecule has 0 bridgehead atoms. The highest BCUT2D eigenvalue weighted by Crippen LogP contribution is 2.10. The zero-order chi connectivity index (χ0) is 35.7. The second-order valence-corrected chi connectivity index (χ2v) is 12.8. The van der Waals surface area contributed by atoms with Crippen LogP contribution >= 0.6 is 0 Å². The van der Waals surface area contributed by atoms with Crippen LogP contribution in [0.15, 0.2) is 72.9 Å². The molecule has 0 aliphatic rings. The predicted octanol–water partition coefficient (Wildman–Crippen LogP) is 7.51. The zero-order valence-corrected chi connectivity index (χ0v) is 30.6. The van der Waals surface area contributed by atoms with E-state index in [1.165, 1.54) is 25.7 Å². The molecule has 2 atom stereocenters. The monoisotopic (exact) mass is 671 g/mol. The first kappa shape index (κ1) is 44.8. The normalized spacial score (nSPS) is 13.9. The van der Waals surface area contributed by atoms with Gasteiger partial charge < -0.3 is 28.6 Å². The molecule has 0 spiro atoms. The van der Waals surface area contributed by atoms with Crippen LogP contribution in [0.25, 0.3) is 0 Å². The second kappa shape index (κ2) is 31.1. The topological polar surface area (TPSA) is 102 Å². The van der Waals surface area contributed by atoms with Crippen molar-refractivity contribution in [2.45, 2.75) is 122 Å². The summed E-state index contributed by atoms with van der Waals surface area (Å²) in [5.41, 5.74) is 0. The fourth-order valence-electron chi connectivity index (χ4n) is 4.62. The van der Waals surface area contributed by atoms with Crippen LogP contribution in [0.2, 0.25) is 0 Å². The summed E-state index contributed by atoms with van der Waals surface area (Å²) < 4.78 is 16.9.